The third-order valence-corrected chi connectivity index (χ3v) is 6.76. The number of benzene rings is 1. The molecule has 7 heteroatoms. The molecule has 0 bridgehead atoms. The predicted molar refractivity (Wildman–Crippen MR) is 153 cm³/mol. The van der Waals surface area contributed by atoms with E-state index in [1.165, 1.54) is 31.0 Å². The number of anilines is 1. The lowest BCUT2D eigenvalue weighted by Gasteiger charge is -2.26. The summed E-state index contributed by atoms with van der Waals surface area (Å²) in [4.78, 5) is 25.9. The van der Waals surface area contributed by atoms with Crippen molar-refractivity contribution < 1.29 is 18.7 Å². The van der Waals surface area contributed by atoms with E-state index in [0.29, 0.717) is 30.4 Å². The lowest BCUT2D eigenvalue weighted by Crippen LogP contribution is -2.28. The summed E-state index contributed by atoms with van der Waals surface area (Å²) in [5, 5.41) is 3.94. The zero-order valence-corrected chi connectivity index (χ0v) is 24.6. The van der Waals surface area contributed by atoms with Crippen LogP contribution in [0.3, 0.4) is 0 Å². The van der Waals surface area contributed by atoms with E-state index < -0.39 is 12.1 Å². The number of rotatable bonds is 12. The second-order valence-corrected chi connectivity index (χ2v) is 9.86. The van der Waals surface area contributed by atoms with Gasteiger partial charge in [0.2, 0.25) is 0 Å². The molecular weight excluding hydrogens is 491 g/mol. The van der Waals surface area contributed by atoms with Gasteiger partial charge >= 0.3 is 5.97 Å². The molecular formula is C30H46ClFN2O3. The second kappa shape index (κ2) is 17.2. The smallest absolute Gasteiger partial charge is 0.338 e. The lowest BCUT2D eigenvalue weighted by molar-refractivity contribution is -0.138. The molecule has 0 aliphatic heterocycles. The SMILES string of the molecule is CCCN(CCC)c1cccc(Cl)c1C.CCOC(=O)C(=C(C)CC)C1=C(NCC(C)=O)CCC(F)C1. The fourth-order valence-corrected chi connectivity index (χ4v) is 4.51. The van der Waals surface area contributed by atoms with Gasteiger partial charge in [-0.2, -0.15) is 0 Å². The van der Waals surface area contributed by atoms with Crippen molar-refractivity contribution in [3.63, 3.8) is 0 Å². The summed E-state index contributed by atoms with van der Waals surface area (Å²) in [6.45, 7) is 16.3. The summed E-state index contributed by atoms with van der Waals surface area (Å²) in [5.74, 6) is -0.406. The van der Waals surface area contributed by atoms with Gasteiger partial charge in [0, 0.05) is 35.9 Å². The normalized spacial score (nSPS) is 15.9. The van der Waals surface area contributed by atoms with Crippen molar-refractivity contribution in [2.45, 2.75) is 93.2 Å². The highest BCUT2D eigenvalue weighted by molar-refractivity contribution is 6.31. The van der Waals surface area contributed by atoms with Gasteiger partial charge in [-0.3, -0.25) is 4.79 Å². The van der Waals surface area contributed by atoms with Crippen molar-refractivity contribution in [3.8, 4) is 0 Å². The molecule has 0 heterocycles. The van der Waals surface area contributed by atoms with Crippen molar-refractivity contribution in [3.05, 3.63) is 51.2 Å². The minimum absolute atomic E-state index is 0.00287. The van der Waals surface area contributed by atoms with Gasteiger partial charge in [-0.25, -0.2) is 9.18 Å². The van der Waals surface area contributed by atoms with E-state index in [1.807, 2.05) is 26.0 Å². The van der Waals surface area contributed by atoms with Crippen LogP contribution in [0.5, 0.6) is 0 Å². The molecule has 0 saturated heterocycles. The number of nitrogens with zero attached hydrogens (tertiary/aromatic N) is 1. The van der Waals surface area contributed by atoms with Gasteiger partial charge < -0.3 is 15.0 Å². The Labute approximate surface area is 228 Å². The summed E-state index contributed by atoms with van der Waals surface area (Å²) in [6, 6.07) is 6.14. The van der Waals surface area contributed by atoms with Crippen LogP contribution in [-0.4, -0.2) is 44.2 Å². The number of ether oxygens (including phenoxy) is 1. The molecule has 0 amide bonds. The number of carbonyl (C=O) groups is 2. The number of ketones is 1. The minimum atomic E-state index is -0.966. The minimum Gasteiger partial charge on any atom is -0.462 e. The first-order valence-corrected chi connectivity index (χ1v) is 13.9. The summed E-state index contributed by atoms with van der Waals surface area (Å²) >= 11 is 6.13. The molecule has 0 fully saturated rings. The number of nitrogens with one attached hydrogen (secondary N) is 1. The second-order valence-electron chi connectivity index (χ2n) is 9.45. The van der Waals surface area contributed by atoms with Crippen LogP contribution < -0.4 is 10.2 Å². The van der Waals surface area contributed by atoms with E-state index in [4.69, 9.17) is 16.3 Å². The first-order valence-electron chi connectivity index (χ1n) is 13.6. The van der Waals surface area contributed by atoms with Gasteiger partial charge in [0.15, 0.2) is 0 Å². The van der Waals surface area contributed by atoms with E-state index in [-0.39, 0.29) is 25.4 Å². The zero-order chi connectivity index (χ0) is 28.0. The molecule has 0 saturated carbocycles. The average molecular weight is 537 g/mol. The molecule has 208 valence electrons. The van der Waals surface area contributed by atoms with Gasteiger partial charge in [-0.05, 0) is 83.1 Å². The Bertz CT molecular complexity index is 952. The molecule has 0 spiro atoms. The molecule has 1 aromatic carbocycles. The highest BCUT2D eigenvalue weighted by atomic mass is 35.5. The predicted octanol–water partition coefficient (Wildman–Crippen LogP) is 7.51. The van der Waals surface area contributed by atoms with Crippen LogP contribution in [0.25, 0.3) is 0 Å². The Morgan fingerprint density at radius 2 is 1.78 bits per heavy atom. The Kier molecular flexibility index (Phi) is 15.2. The molecule has 1 aromatic rings. The molecule has 37 heavy (non-hydrogen) atoms. The van der Waals surface area contributed by atoms with Gasteiger partial charge in [-0.15, -0.1) is 0 Å². The molecule has 1 aliphatic rings. The van der Waals surface area contributed by atoms with Crippen LogP contribution >= 0.6 is 11.6 Å². The highest BCUT2D eigenvalue weighted by Gasteiger charge is 2.28. The maximum Gasteiger partial charge on any atom is 0.338 e. The summed E-state index contributed by atoms with van der Waals surface area (Å²) in [7, 11) is 0. The number of Topliss-reactive ketones (excluding diaryl/α,β-unsaturated/α-hetero) is 1. The number of hydrogen-bond donors (Lipinski definition) is 1. The van der Waals surface area contributed by atoms with Crippen molar-refractivity contribution in [1.82, 2.24) is 5.32 Å². The average Bonchev–Trinajstić information content (AvgIpc) is 2.85. The third kappa shape index (κ3) is 10.5. The van der Waals surface area contributed by atoms with E-state index in [2.05, 4.69) is 37.1 Å². The van der Waals surface area contributed by atoms with Crippen LogP contribution in [0.2, 0.25) is 5.02 Å². The van der Waals surface area contributed by atoms with Crippen molar-refractivity contribution in [1.29, 1.82) is 0 Å². The van der Waals surface area contributed by atoms with Gasteiger partial charge in [0.25, 0.3) is 0 Å². The fraction of sp³-hybridized carbons (Fsp3) is 0.600. The molecule has 1 atom stereocenters. The van der Waals surface area contributed by atoms with Crippen LogP contribution in [0.15, 0.2) is 40.6 Å². The van der Waals surface area contributed by atoms with E-state index in [9.17, 15) is 14.0 Å². The highest BCUT2D eigenvalue weighted by Crippen LogP contribution is 2.33. The van der Waals surface area contributed by atoms with Crippen LogP contribution in [0.1, 0.15) is 85.6 Å². The first kappa shape index (κ1) is 32.7. The van der Waals surface area contributed by atoms with Gasteiger partial charge in [-0.1, -0.05) is 44.0 Å². The number of allylic oxidation sites excluding steroid dienone is 2. The number of hydrogen-bond acceptors (Lipinski definition) is 5. The molecule has 1 unspecified atom stereocenters. The largest absolute Gasteiger partial charge is 0.462 e. The summed E-state index contributed by atoms with van der Waals surface area (Å²) in [5.41, 5.74) is 5.28. The lowest BCUT2D eigenvalue weighted by atomic mass is 9.87. The maximum atomic E-state index is 13.9. The number of carbonyl (C=O) groups excluding carboxylic acids is 2. The van der Waals surface area contributed by atoms with Crippen LogP contribution in [0.4, 0.5) is 10.1 Å². The first-order chi connectivity index (χ1) is 17.6. The Morgan fingerprint density at radius 3 is 2.32 bits per heavy atom. The number of esters is 1. The van der Waals surface area contributed by atoms with E-state index >= 15 is 0 Å². The molecule has 1 aliphatic carbocycles. The van der Waals surface area contributed by atoms with Crippen molar-refractivity contribution >= 4 is 29.0 Å². The summed E-state index contributed by atoms with van der Waals surface area (Å²) < 4.78 is 19.0. The standard InChI is InChI=1S/C17H26FNO3.C13H20ClN/c1-5-11(3)16(17(21)22-6-2)14-9-13(18)7-8-15(14)19-10-12(4)20;1-4-9-15(10-5-2)13-8-6-7-12(14)11(13)3/h13,19H,5-10H2,1-4H3;6-8H,4-5,9-10H2,1-3H3. The quantitative estimate of drug-likeness (QED) is 0.221. The molecule has 2 rings (SSSR count). The van der Waals surface area contributed by atoms with Gasteiger partial charge in [0.1, 0.15) is 12.0 Å². The molecule has 0 radical (unpaired) electrons. The third-order valence-electron chi connectivity index (χ3n) is 6.35. The zero-order valence-electron chi connectivity index (χ0n) is 23.8. The molecule has 1 N–H and O–H groups in total. The number of halogens is 2. The Hall–Kier alpha value is -2.34. The number of alkyl halides is 1. The monoisotopic (exact) mass is 536 g/mol. The van der Waals surface area contributed by atoms with Crippen molar-refractivity contribution in [2.24, 2.45) is 0 Å². The van der Waals surface area contributed by atoms with Crippen molar-refractivity contribution in [2.75, 3.05) is 31.1 Å². The van der Waals surface area contributed by atoms with E-state index in [0.717, 1.165) is 29.4 Å². The Morgan fingerprint density at radius 1 is 1.14 bits per heavy atom. The fourth-order valence-electron chi connectivity index (χ4n) is 4.34. The Balaban J connectivity index is 0.000000397. The van der Waals surface area contributed by atoms with Gasteiger partial charge in [0.05, 0.1) is 18.7 Å². The van der Waals surface area contributed by atoms with Crippen LogP contribution in [-0.2, 0) is 14.3 Å². The molecule has 0 aromatic heterocycles. The topological polar surface area (TPSA) is 58.6 Å². The molecule has 5 nitrogen and oxygen atoms in total. The maximum absolute atomic E-state index is 13.9. The van der Waals surface area contributed by atoms with Crippen LogP contribution in [0, 0.1) is 6.92 Å². The summed E-state index contributed by atoms with van der Waals surface area (Å²) in [6.07, 6.45) is 3.17. The van der Waals surface area contributed by atoms with E-state index in [1.54, 1.807) is 6.92 Å².